The fourth-order valence-corrected chi connectivity index (χ4v) is 4.00. The van der Waals surface area contributed by atoms with Gasteiger partial charge in [-0.1, -0.05) is 47.6 Å². The number of halogens is 1. The number of rotatable bonds is 4. The first-order chi connectivity index (χ1) is 9.74. The van der Waals surface area contributed by atoms with E-state index in [9.17, 15) is 4.79 Å². The van der Waals surface area contributed by atoms with Gasteiger partial charge in [0.05, 0.1) is 21.0 Å². The summed E-state index contributed by atoms with van der Waals surface area (Å²) in [5.41, 5.74) is 1.55. The minimum atomic E-state index is 0.0276. The van der Waals surface area contributed by atoms with Crippen LogP contribution >= 0.6 is 34.7 Å². The zero-order valence-corrected chi connectivity index (χ0v) is 12.8. The average molecular weight is 320 g/mol. The van der Waals surface area contributed by atoms with Gasteiger partial charge in [-0.2, -0.15) is 0 Å². The van der Waals surface area contributed by atoms with Crippen molar-refractivity contribution in [2.24, 2.45) is 0 Å². The highest BCUT2D eigenvalue weighted by Crippen LogP contribution is 2.30. The molecule has 0 saturated carbocycles. The summed E-state index contributed by atoms with van der Waals surface area (Å²) in [5, 5.41) is 0.502. The van der Waals surface area contributed by atoms with Crippen LogP contribution in [0.15, 0.2) is 52.9 Å². The van der Waals surface area contributed by atoms with Crippen LogP contribution in [-0.4, -0.2) is 16.5 Å². The molecule has 5 heteroatoms. The smallest absolute Gasteiger partial charge is 0.174 e. The van der Waals surface area contributed by atoms with Crippen molar-refractivity contribution < 1.29 is 4.79 Å². The summed E-state index contributed by atoms with van der Waals surface area (Å²) in [4.78, 5) is 16.6. The minimum Gasteiger partial charge on any atom is -0.293 e. The van der Waals surface area contributed by atoms with E-state index >= 15 is 0 Å². The lowest BCUT2D eigenvalue weighted by atomic mass is 10.1. The number of thioether (sulfide) groups is 1. The Kier molecular flexibility index (Phi) is 4.05. The number of nitrogens with zero attached hydrogens (tertiary/aromatic N) is 1. The molecule has 20 heavy (non-hydrogen) atoms. The summed E-state index contributed by atoms with van der Waals surface area (Å²) < 4.78 is 2.05. The first-order valence-corrected chi connectivity index (χ1v) is 8.18. The molecular weight excluding hydrogens is 310 g/mol. The van der Waals surface area contributed by atoms with Crippen LogP contribution in [0.4, 0.5) is 0 Å². The number of para-hydroxylation sites is 1. The predicted octanol–water partition coefficient (Wildman–Crippen LogP) is 4.92. The summed E-state index contributed by atoms with van der Waals surface area (Å²) in [7, 11) is 0. The third-order valence-corrected chi connectivity index (χ3v) is 5.28. The molecule has 0 aliphatic carbocycles. The fourth-order valence-electron chi connectivity index (χ4n) is 1.81. The van der Waals surface area contributed by atoms with Gasteiger partial charge in [0.25, 0.3) is 0 Å². The second-order valence-corrected chi connectivity index (χ2v) is 6.80. The van der Waals surface area contributed by atoms with Crippen LogP contribution in [0.25, 0.3) is 10.2 Å². The van der Waals surface area contributed by atoms with E-state index in [2.05, 4.69) is 4.98 Å². The molecule has 3 aromatic rings. The Labute approximate surface area is 129 Å². The van der Waals surface area contributed by atoms with Gasteiger partial charge in [0.2, 0.25) is 0 Å². The molecule has 0 saturated heterocycles. The number of hydrogen-bond acceptors (Lipinski definition) is 4. The summed E-state index contributed by atoms with van der Waals surface area (Å²) in [6.07, 6.45) is 0. The van der Waals surface area contributed by atoms with Crippen molar-refractivity contribution >= 4 is 50.7 Å². The van der Waals surface area contributed by atoms with Gasteiger partial charge in [0.15, 0.2) is 10.1 Å². The largest absolute Gasteiger partial charge is 0.293 e. The van der Waals surface area contributed by atoms with Crippen LogP contribution in [0.3, 0.4) is 0 Å². The number of carbonyl (C=O) groups excluding carboxylic acids is 1. The lowest BCUT2D eigenvalue weighted by Crippen LogP contribution is -2.02. The molecule has 0 unspecified atom stereocenters. The quantitative estimate of drug-likeness (QED) is 0.505. The molecule has 0 radical (unpaired) electrons. The van der Waals surface area contributed by atoms with Crippen molar-refractivity contribution in [2.45, 2.75) is 4.34 Å². The number of thiazole rings is 1. The molecule has 2 aromatic carbocycles. The molecule has 0 bridgehead atoms. The SMILES string of the molecule is O=C(CSc1nc2ccccc2s1)c1ccccc1Cl. The second-order valence-electron chi connectivity index (χ2n) is 4.14. The Balaban J connectivity index is 1.73. The molecule has 0 N–H and O–H groups in total. The van der Waals surface area contributed by atoms with Gasteiger partial charge < -0.3 is 0 Å². The molecule has 0 atom stereocenters. The maximum absolute atomic E-state index is 12.1. The maximum atomic E-state index is 12.1. The number of benzene rings is 2. The first-order valence-electron chi connectivity index (χ1n) is 6.00. The Bertz CT molecular complexity index is 736. The van der Waals surface area contributed by atoms with Gasteiger partial charge in [0.1, 0.15) is 0 Å². The average Bonchev–Trinajstić information content (AvgIpc) is 2.88. The van der Waals surface area contributed by atoms with Crippen LogP contribution in [0.2, 0.25) is 5.02 Å². The minimum absolute atomic E-state index is 0.0276. The third kappa shape index (κ3) is 2.87. The predicted molar refractivity (Wildman–Crippen MR) is 86.1 cm³/mol. The van der Waals surface area contributed by atoms with Crippen molar-refractivity contribution in [3.63, 3.8) is 0 Å². The van der Waals surface area contributed by atoms with Gasteiger partial charge in [-0.25, -0.2) is 4.98 Å². The van der Waals surface area contributed by atoms with Crippen LogP contribution in [0.1, 0.15) is 10.4 Å². The second kappa shape index (κ2) is 5.95. The lowest BCUT2D eigenvalue weighted by molar-refractivity contribution is 0.102. The molecule has 0 aliphatic heterocycles. The highest BCUT2D eigenvalue weighted by molar-refractivity contribution is 8.01. The van der Waals surface area contributed by atoms with E-state index in [0.29, 0.717) is 16.3 Å². The van der Waals surface area contributed by atoms with E-state index in [1.807, 2.05) is 36.4 Å². The number of aromatic nitrogens is 1. The van der Waals surface area contributed by atoms with Crippen molar-refractivity contribution in [3.05, 3.63) is 59.1 Å². The highest BCUT2D eigenvalue weighted by Gasteiger charge is 2.12. The standard InChI is InChI=1S/C15H10ClNOS2/c16-11-6-2-1-5-10(11)13(18)9-19-15-17-12-7-3-4-8-14(12)20-15/h1-8H,9H2. The highest BCUT2D eigenvalue weighted by atomic mass is 35.5. The molecule has 0 aliphatic rings. The number of Topliss-reactive ketones (excluding diaryl/α,β-unsaturated/α-hetero) is 1. The normalized spacial score (nSPS) is 10.8. The molecule has 0 amide bonds. The van der Waals surface area contributed by atoms with E-state index in [1.165, 1.54) is 11.8 Å². The van der Waals surface area contributed by atoms with Gasteiger partial charge in [0, 0.05) is 5.56 Å². The van der Waals surface area contributed by atoms with Crippen molar-refractivity contribution in [1.29, 1.82) is 0 Å². The lowest BCUT2D eigenvalue weighted by Gasteiger charge is -2.01. The van der Waals surface area contributed by atoms with Crippen LogP contribution in [-0.2, 0) is 0 Å². The Morgan fingerprint density at radius 2 is 1.90 bits per heavy atom. The van der Waals surface area contributed by atoms with Crippen LogP contribution in [0.5, 0.6) is 0 Å². The monoisotopic (exact) mass is 319 g/mol. The number of fused-ring (bicyclic) bond motifs is 1. The summed E-state index contributed by atoms with van der Waals surface area (Å²) in [5.74, 6) is 0.378. The fraction of sp³-hybridized carbons (Fsp3) is 0.0667. The molecule has 0 spiro atoms. The maximum Gasteiger partial charge on any atom is 0.174 e. The van der Waals surface area contributed by atoms with E-state index in [-0.39, 0.29) is 5.78 Å². The van der Waals surface area contributed by atoms with Crippen molar-refractivity contribution in [2.75, 3.05) is 5.75 Å². The number of ketones is 1. The van der Waals surface area contributed by atoms with Crippen molar-refractivity contribution in [3.8, 4) is 0 Å². The Hall–Kier alpha value is -1.36. The van der Waals surface area contributed by atoms with Crippen molar-refractivity contribution in [1.82, 2.24) is 4.98 Å². The van der Waals surface area contributed by atoms with Crippen LogP contribution in [0, 0.1) is 0 Å². The Morgan fingerprint density at radius 3 is 2.70 bits per heavy atom. The zero-order valence-electron chi connectivity index (χ0n) is 10.4. The van der Waals surface area contributed by atoms with Crippen LogP contribution < -0.4 is 0 Å². The van der Waals surface area contributed by atoms with Gasteiger partial charge in [-0.15, -0.1) is 11.3 Å². The summed E-state index contributed by atoms with van der Waals surface area (Å²) in [6.45, 7) is 0. The summed E-state index contributed by atoms with van der Waals surface area (Å²) >= 11 is 9.08. The number of hydrogen-bond donors (Lipinski definition) is 0. The summed E-state index contributed by atoms with van der Waals surface area (Å²) in [6, 6.07) is 15.1. The van der Waals surface area contributed by atoms with E-state index in [0.717, 1.165) is 14.6 Å². The molecule has 1 heterocycles. The zero-order chi connectivity index (χ0) is 13.9. The van der Waals surface area contributed by atoms with Gasteiger partial charge >= 0.3 is 0 Å². The molecule has 100 valence electrons. The van der Waals surface area contributed by atoms with E-state index in [1.54, 1.807) is 23.5 Å². The number of carbonyl (C=O) groups is 1. The topological polar surface area (TPSA) is 30.0 Å². The molecule has 0 fully saturated rings. The molecular formula is C15H10ClNOS2. The molecule has 2 nitrogen and oxygen atoms in total. The molecule has 3 rings (SSSR count). The van der Waals surface area contributed by atoms with Gasteiger partial charge in [-0.05, 0) is 24.3 Å². The molecule has 1 aromatic heterocycles. The van der Waals surface area contributed by atoms with E-state index < -0.39 is 0 Å². The Morgan fingerprint density at radius 1 is 1.15 bits per heavy atom. The van der Waals surface area contributed by atoms with Gasteiger partial charge in [-0.3, -0.25) is 4.79 Å². The first kappa shape index (κ1) is 13.6. The van der Waals surface area contributed by atoms with E-state index in [4.69, 9.17) is 11.6 Å². The third-order valence-electron chi connectivity index (χ3n) is 2.78.